The Morgan fingerprint density at radius 3 is 2.48 bits per heavy atom. The van der Waals surface area contributed by atoms with Gasteiger partial charge in [-0.05, 0) is 29.8 Å². The number of sulfone groups is 1. The van der Waals surface area contributed by atoms with Crippen molar-refractivity contribution in [2.75, 3.05) is 11.1 Å². The van der Waals surface area contributed by atoms with E-state index in [9.17, 15) is 8.42 Å². The summed E-state index contributed by atoms with van der Waals surface area (Å²) in [4.78, 5) is 0.303. The van der Waals surface area contributed by atoms with Gasteiger partial charge in [0.25, 0.3) is 0 Å². The highest BCUT2D eigenvalue weighted by Gasteiger charge is 2.15. The van der Waals surface area contributed by atoms with Gasteiger partial charge in [-0.1, -0.05) is 48.3 Å². The van der Waals surface area contributed by atoms with Gasteiger partial charge in [0.1, 0.15) is 0 Å². The maximum atomic E-state index is 12.1. The van der Waals surface area contributed by atoms with Crippen molar-refractivity contribution in [2.24, 2.45) is 0 Å². The van der Waals surface area contributed by atoms with Crippen molar-refractivity contribution in [3.8, 4) is 0 Å². The van der Waals surface area contributed by atoms with Crippen LogP contribution in [0, 0.1) is 0 Å². The largest absolute Gasteiger partial charge is 0.380 e. The van der Waals surface area contributed by atoms with Gasteiger partial charge in [-0.15, -0.1) is 0 Å². The van der Waals surface area contributed by atoms with Crippen molar-refractivity contribution in [1.82, 2.24) is 0 Å². The lowest BCUT2D eigenvalue weighted by molar-refractivity contribution is 0.597. The van der Waals surface area contributed by atoms with Crippen molar-refractivity contribution >= 4 is 38.7 Å². The lowest BCUT2D eigenvalue weighted by atomic mass is 10.2. The highest BCUT2D eigenvalue weighted by molar-refractivity contribution is 7.91. The third-order valence-corrected chi connectivity index (χ3v) is 5.46. The van der Waals surface area contributed by atoms with Gasteiger partial charge >= 0.3 is 0 Å². The van der Waals surface area contributed by atoms with Gasteiger partial charge in [0.05, 0.1) is 16.3 Å². The van der Waals surface area contributed by atoms with Crippen LogP contribution >= 0.6 is 23.2 Å². The summed E-state index contributed by atoms with van der Waals surface area (Å²) >= 11 is 12.0. The van der Waals surface area contributed by atoms with Crippen LogP contribution in [0.5, 0.6) is 0 Å². The van der Waals surface area contributed by atoms with E-state index in [0.29, 0.717) is 27.2 Å². The average Bonchev–Trinajstić information content (AvgIpc) is 2.46. The van der Waals surface area contributed by atoms with Crippen LogP contribution in [-0.2, 0) is 16.4 Å². The molecule has 0 unspecified atom stereocenters. The molecule has 0 saturated heterocycles. The van der Waals surface area contributed by atoms with Crippen molar-refractivity contribution < 1.29 is 8.42 Å². The Bertz CT molecular complexity index is 745. The summed E-state index contributed by atoms with van der Waals surface area (Å²) in [5, 5.41) is 4.24. The summed E-state index contributed by atoms with van der Waals surface area (Å²) < 4.78 is 24.1. The predicted molar refractivity (Wildman–Crippen MR) is 88.0 cm³/mol. The minimum absolute atomic E-state index is 0.0629. The fourth-order valence-corrected chi connectivity index (χ4v) is 3.44. The molecule has 2 rings (SSSR count). The molecule has 112 valence electrons. The number of rotatable bonds is 5. The van der Waals surface area contributed by atoms with Crippen LogP contribution in [0.15, 0.2) is 47.4 Å². The molecule has 0 saturated carbocycles. The third-order valence-electron chi connectivity index (χ3n) is 3.09. The van der Waals surface area contributed by atoms with Crippen molar-refractivity contribution in [1.29, 1.82) is 0 Å². The molecular formula is C15H15Cl2NO2S. The lowest BCUT2D eigenvalue weighted by Gasteiger charge is -2.12. The van der Waals surface area contributed by atoms with Crippen LogP contribution in [0.2, 0.25) is 10.0 Å². The molecule has 0 atom stereocenters. The van der Waals surface area contributed by atoms with Gasteiger partial charge in [0.15, 0.2) is 9.84 Å². The average molecular weight is 344 g/mol. The van der Waals surface area contributed by atoms with Crippen LogP contribution in [-0.4, -0.2) is 14.2 Å². The summed E-state index contributed by atoms with van der Waals surface area (Å²) in [5.41, 5.74) is 1.43. The Labute approximate surface area is 134 Å². The number of nitrogens with one attached hydrogen (secondary N) is 1. The second kappa shape index (κ2) is 6.69. The van der Waals surface area contributed by atoms with Crippen LogP contribution < -0.4 is 5.32 Å². The minimum Gasteiger partial charge on any atom is -0.380 e. The Hall–Kier alpha value is -1.23. The van der Waals surface area contributed by atoms with E-state index in [1.807, 2.05) is 6.07 Å². The zero-order chi connectivity index (χ0) is 15.5. The number of benzene rings is 2. The molecule has 6 heteroatoms. The van der Waals surface area contributed by atoms with E-state index in [0.717, 1.165) is 5.56 Å². The standard InChI is InChI=1S/C15H15Cl2NO2S/c1-2-21(19,20)15-6-4-3-5-14(15)18-10-11-7-8-12(16)9-13(11)17/h3-9,18H,2,10H2,1H3. The fraction of sp³-hybridized carbons (Fsp3) is 0.200. The second-order valence-electron chi connectivity index (χ2n) is 4.49. The molecule has 0 aromatic heterocycles. The molecule has 21 heavy (non-hydrogen) atoms. The lowest BCUT2D eigenvalue weighted by Crippen LogP contribution is -2.09. The van der Waals surface area contributed by atoms with E-state index in [1.54, 1.807) is 43.3 Å². The molecule has 0 fully saturated rings. The molecule has 2 aromatic carbocycles. The Balaban J connectivity index is 2.25. The highest BCUT2D eigenvalue weighted by atomic mass is 35.5. The summed E-state index contributed by atoms with van der Waals surface area (Å²) in [6.45, 7) is 2.05. The van der Waals surface area contributed by atoms with Crippen LogP contribution in [0.25, 0.3) is 0 Å². The van der Waals surface area contributed by atoms with Gasteiger partial charge in [-0.25, -0.2) is 8.42 Å². The molecule has 0 amide bonds. The van der Waals surface area contributed by atoms with Gasteiger partial charge in [-0.2, -0.15) is 0 Å². The van der Waals surface area contributed by atoms with Crippen molar-refractivity contribution in [3.63, 3.8) is 0 Å². The highest BCUT2D eigenvalue weighted by Crippen LogP contribution is 2.25. The molecule has 2 aromatic rings. The summed E-state index contributed by atoms with van der Waals surface area (Å²) in [7, 11) is -3.27. The van der Waals surface area contributed by atoms with E-state index in [-0.39, 0.29) is 5.75 Å². The van der Waals surface area contributed by atoms with Crippen molar-refractivity contribution in [2.45, 2.75) is 18.4 Å². The quantitative estimate of drug-likeness (QED) is 0.875. The van der Waals surface area contributed by atoms with Gasteiger partial charge in [0, 0.05) is 16.6 Å². The number of para-hydroxylation sites is 1. The topological polar surface area (TPSA) is 46.2 Å². The maximum Gasteiger partial charge on any atom is 0.180 e. The Morgan fingerprint density at radius 2 is 1.81 bits per heavy atom. The monoisotopic (exact) mass is 343 g/mol. The third kappa shape index (κ3) is 3.90. The normalized spacial score (nSPS) is 11.4. The number of anilines is 1. The van der Waals surface area contributed by atoms with Gasteiger partial charge in [-0.3, -0.25) is 0 Å². The summed E-state index contributed by atoms with van der Waals surface area (Å²) in [6, 6.07) is 12.1. The molecule has 0 heterocycles. The Morgan fingerprint density at radius 1 is 1.10 bits per heavy atom. The van der Waals surface area contributed by atoms with E-state index < -0.39 is 9.84 Å². The second-order valence-corrected chi connectivity index (χ2v) is 7.58. The molecule has 3 nitrogen and oxygen atoms in total. The van der Waals surface area contributed by atoms with Crippen LogP contribution in [0.4, 0.5) is 5.69 Å². The van der Waals surface area contributed by atoms with Gasteiger partial charge < -0.3 is 5.32 Å². The molecular weight excluding hydrogens is 329 g/mol. The van der Waals surface area contributed by atoms with E-state index >= 15 is 0 Å². The first-order chi connectivity index (χ1) is 9.94. The Kier molecular flexibility index (Phi) is 5.14. The molecule has 0 aliphatic carbocycles. The van der Waals surface area contributed by atoms with Crippen LogP contribution in [0.1, 0.15) is 12.5 Å². The van der Waals surface area contributed by atoms with Gasteiger partial charge in [0.2, 0.25) is 0 Å². The first-order valence-electron chi connectivity index (χ1n) is 6.43. The molecule has 1 N–H and O–H groups in total. The van der Waals surface area contributed by atoms with E-state index in [4.69, 9.17) is 23.2 Å². The first-order valence-corrected chi connectivity index (χ1v) is 8.84. The molecule has 0 aliphatic heterocycles. The molecule has 0 aliphatic rings. The predicted octanol–water partition coefficient (Wildman–Crippen LogP) is 4.40. The maximum absolute atomic E-state index is 12.1. The molecule has 0 radical (unpaired) electrons. The van der Waals surface area contributed by atoms with Crippen molar-refractivity contribution in [3.05, 3.63) is 58.1 Å². The first kappa shape index (κ1) is 16.1. The molecule has 0 spiro atoms. The number of hydrogen-bond acceptors (Lipinski definition) is 3. The zero-order valence-electron chi connectivity index (χ0n) is 11.4. The van der Waals surface area contributed by atoms with Crippen LogP contribution in [0.3, 0.4) is 0 Å². The fourth-order valence-electron chi connectivity index (χ4n) is 1.89. The minimum atomic E-state index is -3.27. The number of halogens is 2. The SMILES string of the molecule is CCS(=O)(=O)c1ccccc1NCc1ccc(Cl)cc1Cl. The summed E-state index contributed by atoms with van der Waals surface area (Å²) in [5.74, 6) is 0.0629. The van der Waals surface area contributed by atoms with E-state index in [1.165, 1.54) is 0 Å². The van der Waals surface area contributed by atoms with E-state index in [2.05, 4.69) is 5.32 Å². The number of hydrogen-bond donors (Lipinski definition) is 1. The summed E-state index contributed by atoms with van der Waals surface area (Å²) in [6.07, 6.45) is 0. The smallest absolute Gasteiger partial charge is 0.180 e. The zero-order valence-corrected chi connectivity index (χ0v) is 13.8. The molecule has 0 bridgehead atoms.